The number of nitrogens with zero attached hydrogens (tertiary/aromatic N) is 1. The van der Waals surface area contributed by atoms with Crippen LogP contribution >= 0.6 is 11.6 Å². The molecule has 0 fully saturated rings. The quantitative estimate of drug-likeness (QED) is 0.896. The topological polar surface area (TPSA) is 77.2 Å². The highest BCUT2D eigenvalue weighted by Crippen LogP contribution is 2.27. The van der Waals surface area contributed by atoms with Gasteiger partial charge in [0, 0.05) is 25.4 Å². The molecule has 1 unspecified atom stereocenters. The van der Waals surface area contributed by atoms with Crippen molar-refractivity contribution >= 4 is 23.3 Å². The van der Waals surface area contributed by atoms with Crippen LogP contribution in [0.1, 0.15) is 13.3 Å². The molecular weight excluding hydrogens is 278 g/mol. The zero-order chi connectivity index (χ0) is 14.8. The number of anilines is 1. The number of nitrogens with one attached hydrogen (secondary N) is 1. The number of rotatable bonds is 3. The average molecular weight is 294 g/mol. The number of hydrogen-bond acceptors (Lipinski definition) is 4. The van der Waals surface area contributed by atoms with Gasteiger partial charge in [-0.05, 0) is 25.1 Å². The summed E-state index contributed by atoms with van der Waals surface area (Å²) in [5, 5.41) is 3.18. The van der Waals surface area contributed by atoms with E-state index in [0.29, 0.717) is 28.5 Å². The molecular formula is C14H16ClN3O2. The molecule has 5 nitrogen and oxygen atoms in total. The minimum absolute atomic E-state index is 0.323. The lowest BCUT2D eigenvalue weighted by atomic mass is 9.91. The molecule has 0 saturated carbocycles. The van der Waals surface area contributed by atoms with Crippen molar-refractivity contribution in [2.45, 2.75) is 18.9 Å². The normalized spacial score (nSPS) is 21.9. The molecule has 1 aromatic rings. The Balaban J connectivity index is 2.19. The molecule has 1 heterocycles. The number of aromatic nitrogens is 1. The molecule has 2 rings (SSSR count). The third kappa shape index (κ3) is 3.18. The number of ether oxygens (including phenoxy) is 1. The highest BCUT2D eigenvalue weighted by atomic mass is 35.5. The van der Waals surface area contributed by atoms with Gasteiger partial charge in [-0.2, -0.15) is 0 Å². The first kappa shape index (κ1) is 14.6. The predicted octanol–water partition coefficient (Wildman–Crippen LogP) is 2.25. The van der Waals surface area contributed by atoms with Gasteiger partial charge in [-0.15, -0.1) is 0 Å². The Kier molecular flexibility index (Phi) is 4.11. The molecule has 106 valence electrons. The van der Waals surface area contributed by atoms with Crippen molar-refractivity contribution < 1.29 is 9.53 Å². The fourth-order valence-corrected chi connectivity index (χ4v) is 1.95. The molecule has 3 N–H and O–H groups in total. The van der Waals surface area contributed by atoms with Crippen LogP contribution < -0.4 is 11.1 Å². The first-order valence-corrected chi connectivity index (χ1v) is 6.48. The van der Waals surface area contributed by atoms with E-state index >= 15 is 0 Å². The maximum absolute atomic E-state index is 12.2. The number of halogens is 1. The van der Waals surface area contributed by atoms with Gasteiger partial charge in [0.1, 0.15) is 5.82 Å². The van der Waals surface area contributed by atoms with Crippen LogP contribution in [0.5, 0.6) is 0 Å². The predicted molar refractivity (Wildman–Crippen MR) is 78.3 cm³/mol. The van der Waals surface area contributed by atoms with Gasteiger partial charge in [0.05, 0.1) is 16.2 Å². The van der Waals surface area contributed by atoms with E-state index in [1.165, 1.54) is 6.20 Å². The molecule has 1 aromatic heterocycles. The van der Waals surface area contributed by atoms with E-state index in [0.717, 1.165) is 0 Å². The molecule has 6 heteroatoms. The van der Waals surface area contributed by atoms with Crippen molar-refractivity contribution in [1.82, 2.24) is 4.98 Å². The van der Waals surface area contributed by atoms with E-state index in [2.05, 4.69) is 10.3 Å². The number of nitrogens with two attached hydrogens (primary N) is 1. The highest BCUT2D eigenvalue weighted by molar-refractivity contribution is 6.30. The second kappa shape index (κ2) is 5.64. The standard InChI is InChI=1S/C14H16ClN3O2/c1-14(20-2)6-5-11(16)10(7-14)13(19)18-12-4-3-9(15)8-17-12/h3-5,7-8H,6,16H2,1-2H3,(H,17,18,19). The van der Waals surface area contributed by atoms with Crippen LogP contribution in [0.15, 0.2) is 41.8 Å². The minimum Gasteiger partial charge on any atom is -0.398 e. The van der Waals surface area contributed by atoms with Crippen LogP contribution in [0.25, 0.3) is 0 Å². The van der Waals surface area contributed by atoms with E-state index < -0.39 is 5.60 Å². The van der Waals surface area contributed by atoms with Crippen LogP contribution in [-0.4, -0.2) is 23.6 Å². The van der Waals surface area contributed by atoms with Crippen LogP contribution in [0.3, 0.4) is 0 Å². The summed E-state index contributed by atoms with van der Waals surface area (Å²) in [4.78, 5) is 16.2. The van der Waals surface area contributed by atoms with Crippen LogP contribution in [0.4, 0.5) is 5.82 Å². The van der Waals surface area contributed by atoms with Gasteiger partial charge in [0.15, 0.2) is 0 Å². The fourth-order valence-electron chi connectivity index (χ4n) is 1.84. The van der Waals surface area contributed by atoms with E-state index in [1.807, 2.05) is 6.92 Å². The second-order valence-electron chi connectivity index (χ2n) is 4.75. The van der Waals surface area contributed by atoms with E-state index in [9.17, 15) is 4.79 Å². The summed E-state index contributed by atoms with van der Waals surface area (Å²) in [6, 6.07) is 3.27. The molecule has 0 bridgehead atoms. The fraction of sp³-hybridized carbons (Fsp3) is 0.286. The Morgan fingerprint density at radius 1 is 1.55 bits per heavy atom. The lowest BCUT2D eigenvalue weighted by molar-refractivity contribution is -0.112. The summed E-state index contributed by atoms with van der Waals surface area (Å²) in [5.74, 6) is 0.0920. The molecule has 1 amide bonds. The largest absolute Gasteiger partial charge is 0.398 e. The minimum atomic E-state index is -0.525. The van der Waals surface area contributed by atoms with Crippen molar-refractivity contribution in [2.75, 3.05) is 12.4 Å². The molecule has 0 spiro atoms. The van der Waals surface area contributed by atoms with E-state index in [-0.39, 0.29) is 5.91 Å². The SMILES string of the molecule is COC1(C)C=C(C(=O)Nc2ccc(Cl)cn2)C(N)=CC1. The zero-order valence-electron chi connectivity index (χ0n) is 11.3. The Morgan fingerprint density at radius 2 is 2.30 bits per heavy atom. The summed E-state index contributed by atoms with van der Waals surface area (Å²) in [5.41, 5.74) is 6.17. The molecule has 0 aliphatic heterocycles. The first-order chi connectivity index (χ1) is 9.43. The van der Waals surface area contributed by atoms with Crippen molar-refractivity contribution in [3.05, 3.63) is 46.8 Å². The van der Waals surface area contributed by atoms with Crippen LogP contribution in [0, 0.1) is 0 Å². The van der Waals surface area contributed by atoms with E-state index in [4.69, 9.17) is 22.1 Å². The Labute approximate surface area is 122 Å². The van der Waals surface area contributed by atoms with Gasteiger partial charge in [-0.1, -0.05) is 17.7 Å². The smallest absolute Gasteiger partial charge is 0.258 e. The maximum Gasteiger partial charge on any atom is 0.258 e. The lowest BCUT2D eigenvalue weighted by Crippen LogP contribution is -2.31. The molecule has 1 aliphatic rings. The highest BCUT2D eigenvalue weighted by Gasteiger charge is 2.28. The van der Waals surface area contributed by atoms with Crippen molar-refractivity contribution in [3.63, 3.8) is 0 Å². The van der Waals surface area contributed by atoms with Gasteiger partial charge in [0.2, 0.25) is 0 Å². The summed E-state index contributed by atoms with van der Waals surface area (Å²) >= 11 is 5.74. The van der Waals surface area contributed by atoms with Gasteiger partial charge in [-0.3, -0.25) is 4.79 Å². The number of hydrogen-bond donors (Lipinski definition) is 2. The van der Waals surface area contributed by atoms with Gasteiger partial charge >= 0.3 is 0 Å². The molecule has 1 aliphatic carbocycles. The molecule has 0 saturated heterocycles. The third-order valence-electron chi connectivity index (χ3n) is 3.17. The second-order valence-corrected chi connectivity index (χ2v) is 5.19. The zero-order valence-corrected chi connectivity index (χ0v) is 12.1. The molecule has 0 aromatic carbocycles. The summed E-state index contributed by atoms with van der Waals surface area (Å²) < 4.78 is 5.38. The maximum atomic E-state index is 12.2. The number of carbonyl (C=O) groups excluding carboxylic acids is 1. The number of methoxy groups -OCH3 is 1. The summed E-state index contributed by atoms with van der Waals surface area (Å²) in [6.07, 6.45) is 5.61. The lowest BCUT2D eigenvalue weighted by Gasteiger charge is -2.28. The number of pyridine rings is 1. The monoisotopic (exact) mass is 293 g/mol. The molecule has 20 heavy (non-hydrogen) atoms. The average Bonchev–Trinajstić information content (AvgIpc) is 2.44. The molecule has 0 radical (unpaired) electrons. The number of carbonyl (C=O) groups is 1. The van der Waals surface area contributed by atoms with Crippen LogP contribution in [-0.2, 0) is 9.53 Å². The number of amides is 1. The Morgan fingerprint density at radius 3 is 2.90 bits per heavy atom. The van der Waals surface area contributed by atoms with Gasteiger partial charge < -0.3 is 15.8 Å². The Hall–Kier alpha value is -1.85. The first-order valence-electron chi connectivity index (χ1n) is 6.10. The van der Waals surface area contributed by atoms with Gasteiger partial charge in [0.25, 0.3) is 5.91 Å². The molecule has 1 atom stereocenters. The summed E-state index contributed by atoms with van der Waals surface area (Å²) in [6.45, 7) is 1.89. The Bertz CT molecular complexity index is 581. The van der Waals surface area contributed by atoms with Crippen LogP contribution in [0.2, 0.25) is 5.02 Å². The van der Waals surface area contributed by atoms with Crippen molar-refractivity contribution in [2.24, 2.45) is 5.73 Å². The van der Waals surface area contributed by atoms with Crippen molar-refractivity contribution in [1.29, 1.82) is 0 Å². The van der Waals surface area contributed by atoms with E-state index in [1.54, 1.807) is 31.4 Å². The van der Waals surface area contributed by atoms with Gasteiger partial charge in [-0.25, -0.2) is 4.98 Å². The van der Waals surface area contributed by atoms with Crippen molar-refractivity contribution in [3.8, 4) is 0 Å². The third-order valence-corrected chi connectivity index (χ3v) is 3.39. The summed E-state index contributed by atoms with van der Waals surface area (Å²) in [7, 11) is 1.60.